The van der Waals surface area contributed by atoms with E-state index < -0.39 is 79.8 Å². The Morgan fingerprint density at radius 2 is 1.58 bits per heavy atom. The van der Waals surface area contributed by atoms with Crippen LogP contribution >= 0.6 is 0 Å². The van der Waals surface area contributed by atoms with Gasteiger partial charge in [0.25, 0.3) is 0 Å². The van der Waals surface area contributed by atoms with Crippen molar-refractivity contribution in [1.29, 1.82) is 0 Å². The average Bonchev–Trinajstić information content (AvgIpc) is 3.12. The SMILES string of the molecule is CCC.CN(C(=O)CNC(=O)CNC(=O)[C@@H](CO)N(C)C=O)C1C(=O)NCC(=O)N[C@H](C(=O)NCCO)Cc2ccc(O)c(c2)-c2cc1ccc2O. The van der Waals surface area contributed by atoms with Crippen molar-refractivity contribution in [3.63, 3.8) is 0 Å². The van der Waals surface area contributed by atoms with Gasteiger partial charge in [-0.05, 0) is 35.4 Å². The Morgan fingerprint density at radius 3 is 2.19 bits per heavy atom. The van der Waals surface area contributed by atoms with E-state index >= 15 is 0 Å². The van der Waals surface area contributed by atoms with E-state index in [1.807, 2.05) is 0 Å². The van der Waals surface area contributed by atoms with Crippen molar-refractivity contribution in [1.82, 2.24) is 36.4 Å². The Balaban J connectivity index is 0.00000301. The number of hydrogen-bond acceptors (Lipinski definition) is 11. The summed E-state index contributed by atoms with van der Waals surface area (Å²) in [5.74, 6) is -5.13. The van der Waals surface area contributed by atoms with Crippen LogP contribution in [0.1, 0.15) is 37.4 Å². The van der Waals surface area contributed by atoms with Gasteiger partial charge in [-0.3, -0.25) is 33.6 Å². The lowest BCUT2D eigenvalue weighted by molar-refractivity contribution is -0.140. The minimum Gasteiger partial charge on any atom is -0.507 e. The zero-order valence-corrected chi connectivity index (χ0v) is 29.5. The number of aliphatic hydroxyl groups is 2. The van der Waals surface area contributed by atoms with Crippen LogP contribution in [0.4, 0.5) is 0 Å². The predicted molar refractivity (Wildman–Crippen MR) is 186 cm³/mol. The second-order valence-electron chi connectivity index (χ2n) is 11.8. The van der Waals surface area contributed by atoms with Crippen molar-refractivity contribution in [2.24, 2.45) is 0 Å². The second-order valence-corrected chi connectivity index (χ2v) is 11.8. The summed E-state index contributed by atoms with van der Waals surface area (Å²) >= 11 is 0. The molecule has 18 heteroatoms. The Morgan fingerprint density at radius 1 is 0.942 bits per heavy atom. The number of carbonyl (C=O) groups is 7. The smallest absolute Gasteiger partial charge is 0.247 e. The number of nitrogens with one attached hydrogen (secondary N) is 5. The van der Waals surface area contributed by atoms with E-state index in [9.17, 15) is 48.9 Å². The molecule has 0 spiro atoms. The van der Waals surface area contributed by atoms with Crippen molar-refractivity contribution in [2.75, 3.05) is 53.5 Å². The first kappa shape index (κ1) is 42.4. The molecule has 2 aromatic rings. The fraction of sp³-hybridized carbons (Fsp3) is 0.441. The van der Waals surface area contributed by atoms with Crippen molar-refractivity contribution in [2.45, 2.75) is 44.8 Å². The number of amides is 7. The minimum absolute atomic E-state index is 0.0439. The third-order valence-corrected chi connectivity index (χ3v) is 7.64. The largest absolute Gasteiger partial charge is 0.507 e. The molecule has 52 heavy (non-hydrogen) atoms. The zero-order chi connectivity index (χ0) is 39.0. The van der Waals surface area contributed by atoms with Gasteiger partial charge in [0.15, 0.2) is 0 Å². The van der Waals surface area contributed by atoms with E-state index in [0.717, 1.165) is 9.80 Å². The Kier molecular flexibility index (Phi) is 17.0. The summed E-state index contributed by atoms with van der Waals surface area (Å²) in [6.07, 6.45) is 1.54. The maximum atomic E-state index is 13.6. The first-order valence-corrected chi connectivity index (χ1v) is 16.4. The molecular formula is C34H47N7O11. The van der Waals surface area contributed by atoms with Gasteiger partial charge in [-0.2, -0.15) is 0 Å². The van der Waals surface area contributed by atoms with E-state index in [0.29, 0.717) is 12.0 Å². The van der Waals surface area contributed by atoms with Gasteiger partial charge in [0, 0.05) is 38.2 Å². The molecule has 2 aromatic carbocycles. The summed E-state index contributed by atoms with van der Waals surface area (Å²) in [6, 6.07) is 4.54. The molecule has 0 radical (unpaired) electrons. The van der Waals surface area contributed by atoms with Gasteiger partial charge in [-0.15, -0.1) is 0 Å². The number of likely N-dealkylation sites (N-methyl/N-ethyl adjacent to an activating group) is 2. The van der Waals surface area contributed by atoms with Crippen molar-refractivity contribution in [3.8, 4) is 22.6 Å². The van der Waals surface area contributed by atoms with Crippen LogP contribution in [0.25, 0.3) is 11.1 Å². The second kappa shape index (κ2) is 20.8. The average molecular weight is 730 g/mol. The van der Waals surface area contributed by atoms with E-state index in [-0.39, 0.29) is 47.8 Å². The van der Waals surface area contributed by atoms with Gasteiger partial charge in [0.05, 0.1) is 32.8 Å². The van der Waals surface area contributed by atoms with E-state index in [1.165, 1.54) is 56.9 Å². The molecule has 4 bridgehead atoms. The molecule has 1 heterocycles. The molecule has 1 aliphatic heterocycles. The molecule has 7 amide bonds. The number of benzene rings is 2. The van der Waals surface area contributed by atoms with Crippen molar-refractivity contribution >= 4 is 41.9 Å². The highest BCUT2D eigenvalue weighted by Crippen LogP contribution is 2.38. The maximum absolute atomic E-state index is 13.6. The van der Waals surface area contributed by atoms with Crippen LogP contribution < -0.4 is 26.6 Å². The third-order valence-electron chi connectivity index (χ3n) is 7.64. The van der Waals surface area contributed by atoms with Gasteiger partial charge in [0.1, 0.15) is 29.6 Å². The van der Waals surface area contributed by atoms with Gasteiger partial charge < -0.3 is 56.8 Å². The molecule has 1 aliphatic rings. The monoisotopic (exact) mass is 729 g/mol. The number of carbonyl (C=O) groups excluding carboxylic acids is 7. The number of phenols is 2. The topological polar surface area (TPSA) is 267 Å². The van der Waals surface area contributed by atoms with Gasteiger partial charge in [-0.25, -0.2) is 0 Å². The van der Waals surface area contributed by atoms with E-state index in [1.54, 1.807) is 0 Å². The standard InChI is InChI=1S/C31H39N7O11.C3H8/c1-37(16-41)22(15-40)30(48)34-12-25(44)33-14-27(46)38(2)28-18-4-6-24(43)20(11-18)19-9-17(3-5-23(19)42)10-21(29(47)32-7-8-39)36-26(45)13-35-31(28)49;1-3-2/h3-6,9,11,16,21-22,28,39-40,42-43H,7-8,10,12-15H2,1-2H3,(H,32,47)(H,33,44)(H,34,48)(H,35,49)(H,36,45);3H2,1-2H3/t21-,22+,28?;/m0./s1. The highest BCUT2D eigenvalue weighted by molar-refractivity contribution is 5.95. The third kappa shape index (κ3) is 11.9. The van der Waals surface area contributed by atoms with Crippen LogP contribution in [-0.2, 0) is 40.0 Å². The number of phenolic OH excluding ortho intramolecular Hbond substituents is 2. The molecule has 0 aromatic heterocycles. The van der Waals surface area contributed by atoms with E-state index in [4.69, 9.17) is 5.11 Å². The number of aliphatic hydroxyl groups excluding tert-OH is 2. The summed E-state index contributed by atoms with van der Waals surface area (Å²) < 4.78 is 0. The summed E-state index contributed by atoms with van der Waals surface area (Å²) in [7, 11) is 2.53. The normalized spacial score (nSPS) is 15.9. The van der Waals surface area contributed by atoms with Crippen LogP contribution in [-0.4, -0.2) is 138 Å². The number of nitrogens with zero attached hydrogens (tertiary/aromatic N) is 2. The lowest BCUT2D eigenvalue weighted by atomic mass is 9.94. The quantitative estimate of drug-likeness (QED) is 0.104. The molecule has 0 fully saturated rings. The van der Waals surface area contributed by atoms with Gasteiger partial charge in [-0.1, -0.05) is 32.4 Å². The van der Waals surface area contributed by atoms with Crippen molar-refractivity contribution in [3.05, 3.63) is 47.5 Å². The lowest BCUT2D eigenvalue weighted by Crippen LogP contribution is -2.52. The summed E-state index contributed by atoms with van der Waals surface area (Å²) in [5, 5.41) is 51.9. The first-order valence-electron chi connectivity index (χ1n) is 16.4. The highest BCUT2D eigenvalue weighted by Gasteiger charge is 2.31. The molecule has 3 atom stereocenters. The minimum atomic E-state index is -1.43. The summed E-state index contributed by atoms with van der Waals surface area (Å²) in [5.41, 5.74) is 0.863. The maximum Gasteiger partial charge on any atom is 0.247 e. The molecular weight excluding hydrogens is 682 g/mol. The van der Waals surface area contributed by atoms with E-state index in [2.05, 4.69) is 40.4 Å². The first-order chi connectivity index (χ1) is 24.7. The summed E-state index contributed by atoms with van der Waals surface area (Å²) in [6.45, 7) is 1.30. The van der Waals surface area contributed by atoms with Crippen LogP contribution in [0.15, 0.2) is 36.4 Å². The Labute approximate surface area is 300 Å². The number of hydrogen-bond donors (Lipinski definition) is 9. The van der Waals surface area contributed by atoms with Crippen LogP contribution in [0.5, 0.6) is 11.5 Å². The van der Waals surface area contributed by atoms with Crippen LogP contribution in [0.2, 0.25) is 0 Å². The fourth-order valence-corrected chi connectivity index (χ4v) is 4.93. The lowest BCUT2D eigenvalue weighted by Gasteiger charge is -2.29. The molecule has 3 rings (SSSR count). The molecule has 0 aliphatic carbocycles. The van der Waals surface area contributed by atoms with Gasteiger partial charge >= 0.3 is 0 Å². The molecule has 1 unspecified atom stereocenters. The summed E-state index contributed by atoms with van der Waals surface area (Å²) in [4.78, 5) is 89.9. The molecule has 284 valence electrons. The zero-order valence-electron chi connectivity index (χ0n) is 29.5. The highest BCUT2D eigenvalue weighted by atomic mass is 16.3. The molecule has 0 saturated heterocycles. The fourth-order valence-electron chi connectivity index (χ4n) is 4.93. The van der Waals surface area contributed by atoms with Crippen LogP contribution in [0.3, 0.4) is 0 Å². The Hall–Kier alpha value is -5.75. The number of aromatic hydroxyl groups is 2. The predicted octanol–water partition coefficient (Wildman–Crippen LogP) is -2.37. The molecule has 9 N–H and O–H groups in total. The van der Waals surface area contributed by atoms with Gasteiger partial charge in [0.2, 0.25) is 41.9 Å². The van der Waals surface area contributed by atoms with Crippen molar-refractivity contribution < 1.29 is 54.0 Å². The number of fused-ring (bicyclic) bond motifs is 5. The molecule has 18 nitrogen and oxygen atoms in total. The van der Waals surface area contributed by atoms with Crippen LogP contribution in [0, 0.1) is 0 Å². The molecule has 0 saturated carbocycles. The Bertz CT molecular complexity index is 1600. The number of rotatable bonds is 12.